The fraction of sp³-hybridized carbons (Fsp3) is 0.270. The summed E-state index contributed by atoms with van der Waals surface area (Å²) in [6.45, 7) is 0.400. The highest BCUT2D eigenvalue weighted by Crippen LogP contribution is 2.47. The van der Waals surface area contributed by atoms with Gasteiger partial charge in [0.2, 0.25) is 5.91 Å². The highest BCUT2D eigenvalue weighted by molar-refractivity contribution is 6.00. The molecular weight excluding hydrogens is 603 g/mol. The predicted molar refractivity (Wildman–Crippen MR) is 175 cm³/mol. The zero-order valence-electron chi connectivity index (χ0n) is 25.8. The van der Waals surface area contributed by atoms with Crippen LogP contribution in [0.3, 0.4) is 0 Å². The number of amides is 2. The number of aromatic nitrogens is 2. The number of benzene rings is 3. The number of nitrogens with zero attached hydrogens (tertiary/aromatic N) is 3. The van der Waals surface area contributed by atoms with Crippen molar-refractivity contribution in [2.24, 2.45) is 13.0 Å². The standard InChI is InChI=1S/C37H34F3N5O2/c1-44-29(21-43-35(46)32-19-30(32)25-8-11-33(41)42-20-25)17-27-16-26(18-31(34(27)44)23-6-9-28(38)10-7-23)22-2-4-24(5-3-22)36(47)45-14-12-37(39,40)13-15-45/h2-11,16-18,20,30,32H,12-15,19,21H2,1H3,(H2,41,42)(H,43,46). The first-order valence-corrected chi connectivity index (χ1v) is 15.7. The molecule has 3 heterocycles. The third-order valence-electron chi connectivity index (χ3n) is 9.44. The number of halogens is 3. The Bertz CT molecular complexity index is 1960. The number of hydrogen-bond acceptors (Lipinski definition) is 4. The number of aryl methyl sites for hydroxylation is 1. The molecule has 3 N–H and O–H groups in total. The zero-order chi connectivity index (χ0) is 32.9. The summed E-state index contributed by atoms with van der Waals surface area (Å²) < 4.78 is 43.2. The Balaban J connectivity index is 1.15. The van der Waals surface area contributed by atoms with Gasteiger partial charge in [0.05, 0.1) is 12.1 Å². The van der Waals surface area contributed by atoms with Gasteiger partial charge in [0.25, 0.3) is 11.8 Å². The number of likely N-dealkylation sites (tertiary alicyclic amines) is 1. The molecule has 1 saturated carbocycles. The van der Waals surface area contributed by atoms with E-state index in [-0.39, 0.29) is 55.4 Å². The number of piperidine rings is 1. The largest absolute Gasteiger partial charge is 0.384 e. The molecule has 1 aliphatic carbocycles. The van der Waals surface area contributed by atoms with Gasteiger partial charge < -0.3 is 20.5 Å². The van der Waals surface area contributed by atoms with Crippen LogP contribution in [-0.2, 0) is 18.4 Å². The van der Waals surface area contributed by atoms with Crippen LogP contribution in [-0.4, -0.2) is 45.3 Å². The minimum Gasteiger partial charge on any atom is -0.384 e. The number of nitrogens with two attached hydrogens (primary N) is 1. The van der Waals surface area contributed by atoms with E-state index in [0.717, 1.165) is 50.8 Å². The van der Waals surface area contributed by atoms with Crippen molar-refractivity contribution < 1.29 is 22.8 Å². The van der Waals surface area contributed by atoms with Gasteiger partial charge in [-0.2, -0.15) is 0 Å². The fourth-order valence-corrected chi connectivity index (χ4v) is 6.57. The quantitative estimate of drug-likeness (QED) is 0.203. The lowest BCUT2D eigenvalue weighted by molar-refractivity contribution is -0.122. The molecule has 0 bridgehead atoms. The van der Waals surface area contributed by atoms with E-state index in [4.69, 9.17) is 5.73 Å². The predicted octanol–water partition coefficient (Wildman–Crippen LogP) is 6.92. The van der Waals surface area contributed by atoms with Crippen LogP contribution in [0, 0.1) is 11.7 Å². The van der Waals surface area contributed by atoms with Crippen LogP contribution in [0.1, 0.15) is 46.8 Å². The van der Waals surface area contributed by atoms with E-state index in [2.05, 4.69) is 20.9 Å². The number of fused-ring (bicyclic) bond motifs is 1. The van der Waals surface area contributed by atoms with Crippen molar-refractivity contribution in [2.75, 3.05) is 18.8 Å². The van der Waals surface area contributed by atoms with E-state index >= 15 is 0 Å². The molecule has 2 unspecified atom stereocenters. The van der Waals surface area contributed by atoms with Crippen molar-refractivity contribution in [1.29, 1.82) is 0 Å². The van der Waals surface area contributed by atoms with Gasteiger partial charge in [-0.25, -0.2) is 18.2 Å². The van der Waals surface area contributed by atoms with Gasteiger partial charge >= 0.3 is 0 Å². The van der Waals surface area contributed by atoms with Crippen molar-refractivity contribution in [3.63, 3.8) is 0 Å². The van der Waals surface area contributed by atoms with Crippen LogP contribution in [0.5, 0.6) is 0 Å². The lowest BCUT2D eigenvalue weighted by Gasteiger charge is -2.31. The Kier molecular flexibility index (Phi) is 7.74. The Morgan fingerprint density at radius 3 is 2.32 bits per heavy atom. The van der Waals surface area contributed by atoms with Gasteiger partial charge in [-0.3, -0.25) is 9.59 Å². The smallest absolute Gasteiger partial charge is 0.253 e. The first kappa shape index (κ1) is 30.5. The van der Waals surface area contributed by atoms with Crippen LogP contribution in [0.4, 0.5) is 19.0 Å². The van der Waals surface area contributed by atoms with E-state index < -0.39 is 5.92 Å². The Hall–Kier alpha value is -5.12. The summed E-state index contributed by atoms with van der Waals surface area (Å²) >= 11 is 0. The van der Waals surface area contributed by atoms with Gasteiger partial charge in [-0.15, -0.1) is 0 Å². The summed E-state index contributed by atoms with van der Waals surface area (Å²) in [5.41, 5.74) is 12.5. The van der Waals surface area contributed by atoms with Crippen LogP contribution in [0.25, 0.3) is 33.2 Å². The number of rotatable bonds is 7. The minimum absolute atomic E-state index is 0.00979. The van der Waals surface area contributed by atoms with E-state index in [1.54, 1.807) is 36.5 Å². The van der Waals surface area contributed by atoms with Gasteiger partial charge in [-0.1, -0.05) is 30.3 Å². The maximum Gasteiger partial charge on any atom is 0.253 e. The molecule has 7 rings (SSSR count). The van der Waals surface area contributed by atoms with Gasteiger partial charge in [0.1, 0.15) is 11.6 Å². The fourth-order valence-electron chi connectivity index (χ4n) is 6.57. The van der Waals surface area contributed by atoms with Gasteiger partial charge in [0.15, 0.2) is 0 Å². The van der Waals surface area contributed by atoms with E-state index in [1.807, 2.05) is 37.4 Å². The van der Waals surface area contributed by atoms with Gasteiger partial charge in [-0.05, 0) is 83.1 Å². The maximum atomic E-state index is 13.9. The molecule has 2 fully saturated rings. The second-order valence-corrected chi connectivity index (χ2v) is 12.6. The minimum atomic E-state index is -2.72. The zero-order valence-corrected chi connectivity index (χ0v) is 25.8. The molecule has 240 valence electrons. The first-order valence-electron chi connectivity index (χ1n) is 15.7. The number of nitrogen functional groups attached to an aromatic ring is 1. The first-order chi connectivity index (χ1) is 22.6. The molecule has 1 aliphatic heterocycles. The average molecular weight is 638 g/mol. The van der Waals surface area contributed by atoms with E-state index in [0.29, 0.717) is 17.9 Å². The molecule has 7 nitrogen and oxygen atoms in total. The Labute approximate surface area is 270 Å². The summed E-state index contributed by atoms with van der Waals surface area (Å²) in [6.07, 6.45) is 1.85. The number of nitrogens with one attached hydrogen (secondary N) is 1. The van der Waals surface area contributed by atoms with Crippen LogP contribution in [0.2, 0.25) is 0 Å². The van der Waals surface area contributed by atoms with Crippen LogP contribution < -0.4 is 11.1 Å². The lowest BCUT2D eigenvalue weighted by Crippen LogP contribution is -2.42. The molecule has 5 aromatic rings. The normalized spacial score (nSPS) is 18.7. The number of carbonyl (C=O) groups is 2. The van der Waals surface area contributed by atoms with Crippen molar-refractivity contribution in [3.05, 3.63) is 108 Å². The third kappa shape index (κ3) is 6.19. The van der Waals surface area contributed by atoms with Crippen molar-refractivity contribution >= 4 is 28.5 Å². The number of alkyl halides is 2. The lowest BCUT2D eigenvalue weighted by atomic mass is 9.95. The molecule has 2 aromatic heterocycles. The molecule has 3 aromatic carbocycles. The second-order valence-electron chi connectivity index (χ2n) is 12.6. The average Bonchev–Trinajstić information content (AvgIpc) is 3.81. The molecular formula is C37H34F3N5O2. The molecule has 47 heavy (non-hydrogen) atoms. The number of anilines is 1. The number of hydrogen-bond donors (Lipinski definition) is 2. The number of pyridine rings is 1. The van der Waals surface area contributed by atoms with Crippen LogP contribution in [0.15, 0.2) is 85.1 Å². The van der Waals surface area contributed by atoms with Gasteiger partial charge in [0, 0.05) is 67.3 Å². The SMILES string of the molecule is Cn1c(CNC(=O)C2CC2c2ccc(N)nc2)cc2cc(-c3ccc(C(=O)N4CCC(F)(F)CC4)cc3)cc(-c3ccc(F)cc3)c21. The summed E-state index contributed by atoms with van der Waals surface area (Å²) in [7, 11) is 1.95. The highest BCUT2D eigenvalue weighted by Gasteiger charge is 2.44. The monoisotopic (exact) mass is 637 g/mol. The maximum absolute atomic E-state index is 13.9. The molecule has 10 heteroatoms. The topological polar surface area (TPSA) is 93.2 Å². The highest BCUT2D eigenvalue weighted by atomic mass is 19.3. The van der Waals surface area contributed by atoms with Crippen LogP contribution >= 0.6 is 0 Å². The van der Waals surface area contributed by atoms with E-state index in [1.165, 1.54) is 17.0 Å². The Morgan fingerprint density at radius 1 is 0.936 bits per heavy atom. The summed E-state index contributed by atoms with van der Waals surface area (Å²) in [6, 6.07) is 23.3. The van der Waals surface area contributed by atoms with Crippen molar-refractivity contribution in [1.82, 2.24) is 19.8 Å². The number of carbonyl (C=O) groups excluding carboxylic acids is 2. The van der Waals surface area contributed by atoms with Crippen molar-refractivity contribution in [2.45, 2.75) is 37.6 Å². The summed E-state index contributed by atoms with van der Waals surface area (Å²) in [4.78, 5) is 31.7. The molecule has 2 aliphatic rings. The Morgan fingerprint density at radius 2 is 1.64 bits per heavy atom. The summed E-state index contributed by atoms with van der Waals surface area (Å²) in [5.74, 6) is -2.85. The summed E-state index contributed by atoms with van der Waals surface area (Å²) in [5, 5.41) is 4.05. The molecule has 0 radical (unpaired) electrons. The second kappa shape index (κ2) is 11.9. The molecule has 0 spiro atoms. The van der Waals surface area contributed by atoms with Crippen molar-refractivity contribution in [3.8, 4) is 22.3 Å². The third-order valence-corrected chi connectivity index (χ3v) is 9.44. The molecule has 1 saturated heterocycles. The molecule has 2 amide bonds. The van der Waals surface area contributed by atoms with E-state index in [9.17, 15) is 22.8 Å². The molecule has 2 atom stereocenters.